The number of para-hydroxylation sites is 1. The maximum atomic E-state index is 5.43. The normalized spacial score (nSPS) is 10.2. The second kappa shape index (κ2) is 4.66. The molecule has 0 bridgehead atoms. The minimum Gasteiger partial charge on any atom is -0.467 e. The number of hydrogen-bond acceptors (Lipinski definition) is 3. The zero-order valence-corrected chi connectivity index (χ0v) is 8.47. The fourth-order valence-electron chi connectivity index (χ4n) is 1.35. The van der Waals surface area contributed by atoms with Crippen LogP contribution in [0.3, 0.4) is 0 Å². The molecule has 1 aromatic carbocycles. The van der Waals surface area contributed by atoms with Crippen LogP contribution in [-0.2, 0) is 4.74 Å². The largest absolute Gasteiger partial charge is 0.467 e. The third-order valence-corrected chi connectivity index (χ3v) is 2.01. The summed E-state index contributed by atoms with van der Waals surface area (Å²) in [6.07, 6.45) is 1.64. The van der Waals surface area contributed by atoms with Crippen LogP contribution in [0.1, 0.15) is 0 Å². The number of hydrogen-bond donors (Lipinski definition) is 0. The van der Waals surface area contributed by atoms with E-state index in [0.29, 0.717) is 0 Å². The standard InChI is InChI=1S/C12H12O3/c1-13-9-15-12-6-3-2-5-10(12)11-7-4-8-14-11/h2-8H,9H2,1H3. The molecular weight excluding hydrogens is 192 g/mol. The second-order valence-electron chi connectivity index (χ2n) is 3.02. The van der Waals surface area contributed by atoms with Crippen molar-refractivity contribution >= 4 is 0 Å². The Balaban J connectivity index is 2.30. The summed E-state index contributed by atoms with van der Waals surface area (Å²) in [6, 6.07) is 11.4. The predicted octanol–water partition coefficient (Wildman–Crippen LogP) is 2.93. The van der Waals surface area contributed by atoms with Crippen molar-refractivity contribution in [2.75, 3.05) is 13.9 Å². The Morgan fingerprint density at radius 1 is 1.13 bits per heavy atom. The van der Waals surface area contributed by atoms with E-state index in [0.717, 1.165) is 17.1 Å². The molecule has 0 spiro atoms. The molecule has 0 aliphatic heterocycles. The summed E-state index contributed by atoms with van der Waals surface area (Å²) in [7, 11) is 1.59. The van der Waals surface area contributed by atoms with Gasteiger partial charge in [-0.15, -0.1) is 0 Å². The number of furan rings is 1. The van der Waals surface area contributed by atoms with E-state index in [9.17, 15) is 0 Å². The Kier molecular flexibility index (Phi) is 3.05. The van der Waals surface area contributed by atoms with E-state index in [2.05, 4.69) is 0 Å². The third kappa shape index (κ3) is 2.19. The zero-order chi connectivity index (χ0) is 10.5. The maximum absolute atomic E-state index is 5.43. The van der Waals surface area contributed by atoms with Crippen molar-refractivity contribution in [3.8, 4) is 17.1 Å². The van der Waals surface area contributed by atoms with Crippen molar-refractivity contribution in [3.63, 3.8) is 0 Å². The van der Waals surface area contributed by atoms with Gasteiger partial charge in [0.1, 0.15) is 11.5 Å². The smallest absolute Gasteiger partial charge is 0.188 e. The minimum atomic E-state index is 0.234. The SMILES string of the molecule is COCOc1ccccc1-c1ccco1. The number of rotatable bonds is 4. The summed E-state index contributed by atoms with van der Waals surface area (Å²) in [5.74, 6) is 1.55. The fraction of sp³-hybridized carbons (Fsp3) is 0.167. The van der Waals surface area contributed by atoms with Crippen LogP contribution in [0.4, 0.5) is 0 Å². The number of methoxy groups -OCH3 is 1. The molecule has 0 saturated carbocycles. The predicted molar refractivity (Wildman–Crippen MR) is 56.6 cm³/mol. The molecule has 0 aliphatic rings. The summed E-state index contributed by atoms with van der Waals surface area (Å²) in [5, 5.41) is 0. The summed E-state index contributed by atoms with van der Waals surface area (Å²) in [4.78, 5) is 0. The fourth-order valence-corrected chi connectivity index (χ4v) is 1.35. The first-order valence-corrected chi connectivity index (χ1v) is 4.66. The van der Waals surface area contributed by atoms with Gasteiger partial charge in [-0.25, -0.2) is 0 Å². The molecule has 2 rings (SSSR count). The van der Waals surface area contributed by atoms with E-state index in [1.165, 1.54) is 0 Å². The molecule has 0 aliphatic carbocycles. The average Bonchev–Trinajstić information content (AvgIpc) is 2.80. The van der Waals surface area contributed by atoms with Crippen LogP contribution in [0.5, 0.6) is 5.75 Å². The molecule has 3 heteroatoms. The molecule has 0 saturated heterocycles. The molecule has 15 heavy (non-hydrogen) atoms. The number of benzene rings is 1. The van der Waals surface area contributed by atoms with Gasteiger partial charge in [-0.05, 0) is 24.3 Å². The van der Waals surface area contributed by atoms with Gasteiger partial charge in [-0.1, -0.05) is 12.1 Å². The molecule has 2 aromatic rings. The van der Waals surface area contributed by atoms with Crippen molar-refractivity contribution in [1.82, 2.24) is 0 Å². The van der Waals surface area contributed by atoms with Gasteiger partial charge in [0.15, 0.2) is 6.79 Å². The van der Waals surface area contributed by atoms with Crippen LogP contribution in [0.25, 0.3) is 11.3 Å². The molecule has 78 valence electrons. The molecule has 1 heterocycles. The lowest BCUT2D eigenvalue weighted by atomic mass is 10.1. The average molecular weight is 204 g/mol. The highest BCUT2D eigenvalue weighted by Crippen LogP contribution is 2.29. The van der Waals surface area contributed by atoms with E-state index in [1.54, 1.807) is 13.4 Å². The Morgan fingerprint density at radius 3 is 2.73 bits per heavy atom. The lowest BCUT2D eigenvalue weighted by Gasteiger charge is -2.08. The topological polar surface area (TPSA) is 31.6 Å². The lowest BCUT2D eigenvalue weighted by Crippen LogP contribution is -1.99. The van der Waals surface area contributed by atoms with Crippen LogP contribution in [0, 0.1) is 0 Å². The Morgan fingerprint density at radius 2 is 2.00 bits per heavy atom. The van der Waals surface area contributed by atoms with Crippen molar-refractivity contribution < 1.29 is 13.9 Å². The van der Waals surface area contributed by atoms with E-state index < -0.39 is 0 Å². The van der Waals surface area contributed by atoms with Gasteiger partial charge in [0.25, 0.3) is 0 Å². The zero-order valence-electron chi connectivity index (χ0n) is 8.47. The van der Waals surface area contributed by atoms with Gasteiger partial charge in [0.2, 0.25) is 0 Å². The minimum absolute atomic E-state index is 0.234. The van der Waals surface area contributed by atoms with Crippen molar-refractivity contribution in [1.29, 1.82) is 0 Å². The summed E-state index contributed by atoms with van der Waals surface area (Å²) < 4.78 is 15.6. The third-order valence-electron chi connectivity index (χ3n) is 2.01. The van der Waals surface area contributed by atoms with E-state index in [-0.39, 0.29) is 6.79 Å². The lowest BCUT2D eigenvalue weighted by molar-refractivity contribution is 0.0514. The molecule has 3 nitrogen and oxygen atoms in total. The number of ether oxygens (including phenoxy) is 2. The van der Waals surface area contributed by atoms with Crippen LogP contribution in [0.2, 0.25) is 0 Å². The van der Waals surface area contributed by atoms with Gasteiger partial charge in [-0.2, -0.15) is 0 Å². The van der Waals surface area contributed by atoms with E-state index >= 15 is 0 Å². The molecule has 0 amide bonds. The van der Waals surface area contributed by atoms with Crippen LogP contribution >= 0.6 is 0 Å². The molecule has 0 N–H and O–H groups in total. The first kappa shape index (κ1) is 9.80. The van der Waals surface area contributed by atoms with Crippen LogP contribution in [-0.4, -0.2) is 13.9 Å². The quantitative estimate of drug-likeness (QED) is 0.717. The highest BCUT2D eigenvalue weighted by atomic mass is 16.7. The van der Waals surface area contributed by atoms with Crippen molar-refractivity contribution in [2.45, 2.75) is 0 Å². The molecule has 0 atom stereocenters. The van der Waals surface area contributed by atoms with Crippen molar-refractivity contribution in [2.24, 2.45) is 0 Å². The Bertz CT molecular complexity index is 407. The van der Waals surface area contributed by atoms with Gasteiger partial charge in [0, 0.05) is 7.11 Å². The van der Waals surface area contributed by atoms with Gasteiger partial charge < -0.3 is 13.9 Å². The van der Waals surface area contributed by atoms with Gasteiger partial charge in [0.05, 0.1) is 11.8 Å². The monoisotopic (exact) mass is 204 g/mol. The van der Waals surface area contributed by atoms with Gasteiger partial charge >= 0.3 is 0 Å². The first-order chi connectivity index (χ1) is 7.42. The summed E-state index contributed by atoms with van der Waals surface area (Å²) in [6.45, 7) is 0.234. The Labute approximate surface area is 88.2 Å². The van der Waals surface area contributed by atoms with Crippen LogP contribution in [0.15, 0.2) is 47.1 Å². The second-order valence-corrected chi connectivity index (χ2v) is 3.02. The molecule has 0 unspecified atom stereocenters. The highest BCUT2D eigenvalue weighted by molar-refractivity contribution is 5.65. The Hall–Kier alpha value is -1.74. The molecular formula is C12H12O3. The highest BCUT2D eigenvalue weighted by Gasteiger charge is 2.07. The molecule has 1 aromatic heterocycles. The maximum Gasteiger partial charge on any atom is 0.188 e. The van der Waals surface area contributed by atoms with E-state index in [4.69, 9.17) is 13.9 Å². The summed E-state index contributed by atoms with van der Waals surface area (Å²) in [5.41, 5.74) is 0.930. The van der Waals surface area contributed by atoms with Gasteiger partial charge in [-0.3, -0.25) is 0 Å². The van der Waals surface area contributed by atoms with Crippen LogP contribution < -0.4 is 4.74 Å². The van der Waals surface area contributed by atoms with E-state index in [1.807, 2.05) is 36.4 Å². The molecule has 0 radical (unpaired) electrons. The molecule has 0 fully saturated rings. The first-order valence-electron chi connectivity index (χ1n) is 4.66. The van der Waals surface area contributed by atoms with Crippen molar-refractivity contribution in [3.05, 3.63) is 42.7 Å². The summed E-state index contributed by atoms with van der Waals surface area (Å²) >= 11 is 0.